The molecule has 19 heavy (non-hydrogen) atoms. The molecule has 0 bridgehead atoms. The standard InChI is InChI=1S/C17H28N2/c1-14(2)9-10-19(3)13-16-6-4-5-15(11-16)12-18-17-7-8-17/h4-6,11,14,17-18H,7-10,12-13H2,1-3H3. The maximum atomic E-state index is 3.58. The Morgan fingerprint density at radius 1 is 1.26 bits per heavy atom. The molecule has 2 rings (SSSR count). The predicted molar refractivity (Wildman–Crippen MR) is 82.1 cm³/mol. The predicted octanol–water partition coefficient (Wildman–Crippen LogP) is 3.42. The minimum atomic E-state index is 0.788. The molecule has 0 amide bonds. The molecule has 1 saturated carbocycles. The summed E-state index contributed by atoms with van der Waals surface area (Å²) in [6.07, 6.45) is 3.99. The summed E-state index contributed by atoms with van der Waals surface area (Å²) < 4.78 is 0. The number of nitrogens with zero attached hydrogens (tertiary/aromatic N) is 1. The van der Waals surface area contributed by atoms with Crippen LogP contribution in [0.4, 0.5) is 0 Å². The van der Waals surface area contributed by atoms with E-state index >= 15 is 0 Å². The average Bonchev–Trinajstić information content (AvgIpc) is 3.18. The molecule has 0 unspecified atom stereocenters. The Balaban J connectivity index is 1.79. The van der Waals surface area contributed by atoms with E-state index in [1.165, 1.54) is 36.9 Å². The van der Waals surface area contributed by atoms with Crippen molar-refractivity contribution < 1.29 is 0 Å². The van der Waals surface area contributed by atoms with Crippen molar-refractivity contribution in [3.63, 3.8) is 0 Å². The quantitative estimate of drug-likeness (QED) is 0.770. The van der Waals surface area contributed by atoms with Gasteiger partial charge in [-0.25, -0.2) is 0 Å². The Hall–Kier alpha value is -0.860. The molecular formula is C17H28N2. The van der Waals surface area contributed by atoms with Crippen molar-refractivity contribution in [2.45, 2.75) is 52.2 Å². The van der Waals surface area contributed by atoms with Gasteiger partial charge in [-0.3, -0.25) is 0 Å². The second-order valence-corrected chi connectivity index (χ2v) is 6.40. The van der Waals surface area contributed by atoms with E-state index in [1.54, 1.807) is 0 Å². The lowest BCUT2D eigenvalue weighted by molar-refractivity contribution is 0.303. The van der Waals surface area contributed by atoms with E-state index in [0.29, 0.717) is 0 Å². The monoisotopic (exact) mass is 260 g/mol. The lowest BCUT2D eigenvalue weighted by Crippen LogP contribution is -2.20. The van der Waals surface area contributed by atoms with Gasteiger partial charge in [-0.05, 0) is 49.9 Å². The van der Waals surface area contributed by atoms with Gasteiger partial charge in [-0.2, -0.15) is 0 Å². The third-order valence-corrected chi connectivity index (χ3v) is 3.70. The van der Waals surface area contributed by atoms with Crippen molar-refractivity contribution in [1.29, 1.82) is 0 Å². The van der Waals surface area contributed by atoms with Gasteiger partial charge in [0.1, 0.15) is 0 Å². The maximum Gasteiger partial charge on any atom is 0.0230 e. The van der Waals surface area contributed by atoms with Crippen LogP contribution in [0.3, 0.4) is 0 Å². The van der Waals surface area contributed by atoms with Crippen molar-refractivity contribution >= 4 is 0 Å². The van der Waals surface area contributed by atoms with Gasteiger partial charge in [0.2, 0.25) is 0 Å². The third kappa shape index (κ3) is 5.75. The van der Waals surface area contributed by atoms with Crippen LogP contribution in [-0.4, -0.2) is 24.5 Å². The molecule has 1 aromatic carbocycles. The maximum absolute atomic E-state index is 3.58. The van der Waals surface area contributed by atoms with Crippen LogP contribution in [0.25, 0.3) is 0 Å². The molecule has 1 aliphatic carbocycles. The molecule has 1 fully saturated rings. The molecule has 2 nitrogen and oxygen atoms in total. The minimum Gasteiger partial charge on any atom is -0.310 e. The Kier molecular flexibility index (Phi) is 5.41. The van der Waals surface area contributed by atoms with Gasteiger partial charge in [0.05, 0.1) is 0 Å². The highest BCUT2D eigenvalue weighted by Gasteiger charge is 2.19. The third-order valence-electron chi connectivity index (χ3n) is 3.70. The Bertz CT molecular complexity index is 383. The number of rotatable bonds is 8. The molecule has 0 aliphatic heterocycles. The van der Waals surface area contributed by atoms with Gasteiger partial charge in [0.25, 0.3) is 0 Å². The van der Waals surface area contributed by atoms with E-state index in [2.05, 4.69) is 55.4 Å². The van der Waals surface area contributed by atoms with Crippen LogP contribution in [0, 0.1) is 5.92 Å². The lowest BCUT2D eigenvalue weighted by atomic mass is 10.1. The molecule has 0 spiro atoms. The summed E-state index contributed by atoms with van der Waals surface area (Å²) in [5.41, 5.74) is 2.85. The van der Waals surface area contributed by atoms with Crippen LogP contribution in [-0.2, 0) is 13.1 Å². The Morgan fingerprint density at radius 3 is 2.68 bits per heavy atom. The number of hydrogen-bond acceptors (Lipinski definition) is 2. The molecule has 1 N–H and O–H groups in total. The first kappa shape index (κ1) is 14.5. The Labute approximate surface area is 118 Å². The van der Waals surface area contributed by atoms with Crippen LogP contribution in [0.15, 0.2) is 24.3 Å². The SMILES string of the molecule is CC(C)CCN(C)Cc1cccc(CNC2CC2)c1. The fourth-order valence-corrected chi connectivity index (χ4v) is 2.26. The first-order chi connectivity index (χ1) is 9.13. The molecular weight excluding hydrogens is 232 g/mol. The summed E-state index contributed by atoms with van der Waals surface area (Å²) in [6, 6.07) is 9.80. The van der Waals surface area contributed by atoms with Gasteiger partial charge >= 0.3 is 0 Å². The summed E-state index contributed by atoms with van der Waals surface area (Å²) in [4.78, 5) is 2.42. The number of hydrogen-bond donors (Lipinski definition) is 1. The van der Waals surface area contributed by atoms with Crippen molar-refractivity contribution in [3.05, 3.63) is 35.4 Å². The van der Waals surface area contributed by atoms with Crippen LogP contribution < -0.4 is 5.32 Å². The van der Waals surface area contributed by atoms with Gasteiger partial charge in [0, 0.05) is 19.1 Å². The summed E-state index contributed by atoms with van der Waals surface area (Å²) in [5, 5.41) is 3.58. The van der Waals surface area contributed by atoms with E-state index in [0.717, 1.165) is 25.0 Å². The van der Waals surface area contributed by atoms with Crippen LogP contribution in [0.5, 0.6) is 0 Å². The zero-order valence-corrected chi connectivity index (χ0v) is 12.7. The highest BCUT2D eigenvalue weighted by Crippen LogP contribution is 2.19. The molecule has 0 heterocycles. The van der Waals surface area contributed by atoms with Crippen LogP contribution >= 0.6 is 0 Å². The molecule has 0 aromatic heterocycles. The van der Waals surface area contributed by atoms with E-state index in [1.807, 2.05) is 0 Å². The molecule has 0 atom stereocenters. The van der Waals surface area contributed by atoms with E-state index in [9.17, 15) is 0 Å². The molecule has 0 radical (unpaired) electrons. The minimum absolute atomic E-state index is 0.788. The van der Waals surface area contributed by atoms with Crippen molar-refractivity contribution in [1.82, 2.24) is 10.2 Å². The lowest BCUT2D eigenvalue weighted by Gasteiger charge is -2.18. The fraction of sp³-hybridized carbons (Fsp3) is 0.647. The molecule has 106 valence electrons. The highest BCUT2D eigenvalue weighted by atomic mass is 15.1. The van der Waals surface area contributed by atoms with E-state index in [-0.39, 0.29) is 0 Å². The van der Waals surface area contributed by atoms with Crippen LogP contribution in [0.2, 0.25) is 0 Å². The summed E-state index contributed by atoms with van der Waals surface area (Å²) in [7, 11) is 2.22. The molecule has 0 saturated heterocycles. The smallest absolute Gasteiger partial charge is 0.0230 e. The highest BCUT2D eigenvalue weighted by molar-refractivity contribution is 5.23. The second-order valence-electron chi connectivity index (χ2n) is 6.40. The summed E-state index contributed by atoms with van der Waals surface area (Å²) in [6.45, 7) is 7.84. The van der Waals surface area contributed by atoms with Crippen molar-refractivity contribution in [2.24, 2.45) is 5.92 Å². The van der Waals surface area contributed by atoms with E-state index in [4.69, 9.17) is 0 Å². The van der Waals surface area contributed by atoms with Crippen molar-refractivity contribution in [2.75, 3.05) is 13.6 Å². The zero-order valence-electron chi connectivity index (χ0n) is 12.7. The Morgan fingerprint density at radius 2 is 2.00 bits per heavy atom. The average molecular weight is 260 g/mol. The van der Waals surface area contributed by atoms with Gasteiger partial charge in [-0.15, -0.1) is 0 Å². The normalized spacial score (nSPS) is 15.4. The van der Waals surface area contributed by atoms with Crippen molar-refractivity contribution in [3.8, 4) is 0 Å². The fourth-order valence-electron chi connectivity index (χ4n) is 2.26. The number of nitrogens with one attached hydrogen (secondary N) is 1. The van der Waals surface area contributed by atoms with Gasteiger partial charge in [-0.1, -0.05) is 38.1 Å². The second kappa shape index (κ2) is 7.06. The molecule has 1 aromatic rings. The largest absolute Gasteiger partial charge is 0.310 e. The van der Waals surface area contributed by atoms with E-state index < -0.39 is 0 Å². The van der Waals surface area contributed by atoms with Crippen LogP contribution in [0.1, 0.15) is 44.2 Å². The topological polar surface area (TPSA) is 15.3 Å². The summed E-state index contributed by atoms with van der Waals surface area (Å²) >= 11 is 0. The molecule has 2 heteroatoms. The molecule has 1 aliphatic rings. The first-order valence-electron chi connectivity index (χ1n) is 7.63. The first-order valence-corrected chi connectivity index (χ1v) is 7.63. The summed E-state index contributed by atoms with van der Waals surface area (Å²) in [5.74, 6) is 0.788. The number of benzene rings is 1. The van der Waals surface area contributed by atoms with Gasteiger partial charge < -0.3 is 10.2 Å². The zero-order chi connectivity index (χ0) is 13.7. The van der Waals surface area contributed by atoms with Gasteiger partial charge in [0.15, 0.2) is 0 Å².